The van der Waals surface area contributed by atoms with Gasteiger partial charge in [-0.05, 0) is 54.8 Å². The zero-order valence-corrected chi connectivity index (χ0v) is 14.2. The fourth-order valence-electron chi connectivity index (χ4n) is 3.49. The van der Waals surface area contributed by atoms with Crippen LogP contribution in [0.1, 0.15) is 31.2 Å². The van der Waals surface area contributed by atoms with Gasteiger partial charge in [0.05, 0.1) is 5.41 Å². The predicted molar refractivity (Wildman–Crippen MR) is 95.9 cm³/mol. The van der Waals surface area contributed by atoms with Crippen LogP contribution < -0.4 is 10.2 Å². The molecule has 0 radical (unpaired) electrons. The topological polar surface area (TPSA) is 32.3 Å². The molecule has 2 aromatic carbocycles. The van der Waals surface area contributed by atoms with E-state index < -0.39 is 5.41 Å². The lowest BCUT2D eigenvalue weighted by molar-refractivity contribution is -0.121. The van der Waals surface area contributed by atoms with Crippen molar-refractivity contribution < 1.29 is 9.18 Å². The van der Waals surface area contributed by atoms with Gasteiger partial charge in [-0.15, -0.1) is 0 Å². The summed E-state index contributed by atoms with van der Waals surface area (Å²) in [4.78, 5) is 15.0. The van der Waals surface area contributed by atoms with Gasteiger partial charge in [0.15, 0.2) is 0 Å². The van der Waals surface area contributed by atoms with Crippen molar-refractivity contribution in [1.82, 2.24) is 0 Å². The SMILES string of the molecule is CN(C)c1ccc(NC(=O)C2(c3ccc(F)cc3)CCCC2)cc1. The normalized spacial score (nSPS) is 16.0. The van der Waals surface area contributed by atoms with Gasteiger partial charge >= 0.3 is 0 Å². The average Bonchev–Trinajstić information content (AvgIpc) is 3.07. The van der Waals surface area contributed by atoms with Crippen molar-refractivity contribution in [3.8, 4) is 0 Å². The number of anilines is 2. The highest BCUT2D eigenvalue weighted by Crippen LogP contribution is 2.42. The molecule has 24 heavy (non-hydrogen) atoms. The Morgan fingerprint density at radius 3 is 2.12 bits per heavy atom. The Kier molecular flexibility index (Phi) is 4.56. The van der Waals surface area contributed by atoms with Crippen molar-refractivity contribution in [3.63, 3.8) is 0 Å². The summed E-state index contributed by atoms with van der Waals surface area (Å²) in [7, 11) is 3.96. The van der Waals surface area contributed by atoms with Crippen molar-refractivity contribution in [3.05, 3.63) is 59.9 Å². The molecule has 0 unspecified atom stereocenters. The zero-order chi connectivity index (χ0) is 17.2. The molecule has 0 aliphatic heterocycles. The molecular weight excluding hydrogens is 303 g/mol. The first kappa shape index (κ1) is 16.5. The van der Waals surface area contributed by atoms with Crippen LogP contribution in [-0.2, 0) is 10.2 Å². The number of carbonyl (C=O) groups is 1. The Bertz CT molecular complexity index is 701. The number of nitrogens with one attached hydrogen (secondary N) is 1. The molecule has 4 heteroatoms. The minimum absolute atomic E-state index is 0.00390. The van der Waals surface area contributed by atoms with Gasteiger partial charge in [0.25, 0.3) is 0 Å². The maximum atomic E-state index is 13.2. The van der Waals surface area contributed by atoms with Gasteiger partial charge in [0.1, 0.15) is 5.82 Å². The number of hydrogen-bond acceptors (Lipinski definition) is 2. The maximum absolute atomic E-state index is 13.2. The van der Waals surface area contributed by atoms with Crippen molar-refractivity contribution in [2.75, 3.05) is 24.3 Å². The molecule has 1 N–H and O–H groups in total. The van der Waals surface area contributed by atoms with Crippen molar-refractivity contribution in [2.24, 2.45) is 0 Å². The van der Waals surface area contributed by atoms with Crippen LogP contribution >= 0.6 is 0 Å². The van der Waals surface area contributed by atoms with E-state index in [1.165, 1.54) is 12.1 Å². The van der Waals surface area contributed by atoms with E-state index in [9.17, 15) is 9.18 Å². The van der Waals surface area contributed by atoms with E-state index in [0.717, 1.165) is 42.6 Å². The van der Waals surface area contributed by atoms with Gasteiger partial charge < -0.3 is 10.2 Å². The average molecular weight is 326 g/mol. The third-order valence-corrected chi connectivity index (χ3v) is 4.93. The van der Waals surface area contributed by atoms with E-state index in [1.54, 1.807) is 12.1 Å². The Morgan fingerprint density at radius 2 is 1.58 bits per heavy atom. The van der Waals surface area contributed by atoms with Crippen LogP contribution in [0.4, 0.5) is 15.8 Å². The number of halogens is 1. The molecule has 0 saturated heterocycles. The van der Waals surface area contributed by atoms with Gasteiger partial charge in [0, 0.05) is 25.5 Å². The minimum Gasteiger partial charge on any atom is -0.378 e. The smallest absolute Gasteiger partial charge is 0.235 e. The summed E-state index contributed by atoms with van der Waals surface area (Å²) in [5.74, 6) is -0.268. The standard InChI is InChI=1S/C20H23FN2O/c1-23(2)18-11-9-17(10-12-18)22-19(24)20(13-3-4-14-20)15-5-7-16(21)8-6-15/h5-12H,3-4,13-14H2,1-2H3,(H,22,24). The summed E-state index contributed by atoms with van der Waals surface area (Å²) in [5, 5.41) is 3.05. The van der Waals surface area contributed by atoms with Gasteiger partial charge in [-0.25, -0.2) is 4.39 Å². The van der Waals surface area contributed by atoms with Crippen LogP contribution in [0, 0.1) is 5.82 Å². The molecule has 0 heterocycles. The van der Waals surface area contributed by atoms with E-state index in [1.807, 2.05) is 43.3 Å². The summed E-state index contributed by atoms with van der Waals surface area (Å²) in [5.41, 5.74) is 2.23. The number of rotatable bonds is 4. The highest BCUT2D eigenvalue weighted by Gasteiger charge is 2.42. The number of hydrogen-bond donors (Lipinski definition) is 1. The fraction of sp³-hybridized carbons (Fsp3) is 0.350. The molecule has 1 amide bonds. The van der Waals surface area contributed by atoms with E-state index in [4.69, 9.17) is 0 Å². The third kappa shape index (κ3) is 3.14. The summed E-state index contributed by atoms with van der Waals surface area (Å²) in [6, 6.07) is 14.2. The molecule has 0 aromatic heterocycles. The highest BCUT2D eigenvalue weighted by atomic mass is 19.1. The Morgan fingerprint density at radius 1 is 1.00 bits per heavy atom. The molecule has 0 bridgehead atoms. The monoisotopic (exact) mass is 326 g/mol. The van der Waals surface area contributed by atoms with Crippen LogP contribution in [0.15, 0.2) is 48.5 Å². The van der Waals surface area contributed by atoms with E-state index in [-0.39, 0.29) is 11.7 Å². The first-order valence-corrected chi connectivity index (χ1v) is 8.36. The molecule has 0 atom stereocenters. The summed E-state index contributed by atoms with van der Waals surface area (Å²) in [6.45, 7) is 0. The summed E-state index contributed by atoms with van der Waals surface area (Å²) in [6.07, 6.45) is 3.65. The number of carbonyl (C=O) groups excluding carboxylic acids is 1. The number of amides is 1. The third-order valence-electron chi connectivity index (χ3n) is 4.93. The molecule has 1 saturated carbocycles. The van der Waals surface area contributed by atoms with Crippen molar-refractivity contribution >= 4 is 17.3 Å². The molecule has 2 aromatic rings. The zero-order valence-electron chi connectivity index (χ0n) is 14.2. The maximum Gasteiger partial charge on any atom is 0.235 e. The second-order valence-corrected chi connectivity index (χ2v) is 6.69. The first-order valence-electron chi connectivity index (χ1n) is 8.36. The van der Waals surface area contributed by atoms with Crippen LogP contribution in [0.5, 0.6) is 0 Å². The van der Waals surface area contributed by atoms with Gasteiger partial charge in [-0.3, -0.25) is 4.79 Å². The molecule has 126 valence electrons. The minimum atomic E-state index is -0.548. The van der Waals surface area contributed by atoms with E-state index >= 15 is 0 Å². The molecule has 3 rings (SSSR count). The lowest BCUT2D eigenvalue weighted by Gasteiger charge is -2.28. The van der Waals surface area contributed by atoms with Crippen LogP contribution in [0.25, 0.3) is 0 Å². The van der Waals surface area contributed by atoms with Crippen LogP contribution in [-0.4, -0.2) is 20.0 Å². The molecule has 1 fully saturated rings. The Hall–Kier alpha value is -2.36. The molecule has 1 aliphatic rings. The lowest BCUT2D eigenvalue weighted by atomic mass is 9.78. The second-order valence-electron chi connectivity index (χ2n) is 6.69. The van der Waals surface area contributed by atoms with E-state index in [0.29, 0.717) is 0 Å². The molecule has 0 spiro atoms. The summed E-state index contributed by atoms with van der Waals surface area (Å²) >= 11 is 0. The summed E-state index contributed by atoms with van der Waals surface area (Å²) < 4.78 is 13.2. The highest BCUT2D eigenvalue weighted by molar-refractivity contribution is 5.99. The number of nitrogens with zero attached hydrogens (tertiary/aromatic N) is 1. The molecule has 3 nitrogen and oxygen atoms in total. The molecule has 1 aliphatic carbocycles. The second kappa shape index (κ2) is 6.63. The Labute approximate surface area is 142 Å². The van der Waals surface area contributed by atoms with Gasteiger partial charge in [0.2, 0.25) is 5.91 Å². The predicted octanol–water partition coefficient (Wildman–Crippen LogP) is 4.34. The number of benzene rings is 2. The van der Waals surface area contributed by atoms with Crippen LogP contribution in [0.3, 0.4) is 0 Å². The molecular formula is C20H23FN2O. The van der Waals surface area contributed by atoms with E-state index in [2.05, 4.69) is 5.32 Å². The van der Waals surface area contributed by atoms with Crippen molar-refractivity contribution in [1.29, 1.82) is 0 Å². The fourth-order valence-corrected chi connectivity index (χ4v) is 3.49. The Balaban J connectivity index is 1.83. The van der Waals surface area contributed by atoms with Gasteiger partial charge in [-0.2, -0.15) is 0 Å². The van der Waals surface area contributed by atoms with Crippen molar-refractivity contribution in [2.45, 2.75) is 31.1 Å². The van der Waals surface area contributed by atoms with Gasteiger partial charge in [-0.1, -0.05) is 25.0 Å². The van der Waals surface area contributed by atoms with Crippen LogP contribution in [0.2, 0.25) is 0 Å². The first-order chi connectivity index (χ1) is 11.5. The largest absolute Gasteiger partial charge is 0.378 e. The quantitative estimate of drug-likeness (QED) is 0.906. The lowest BCUT2D eigenvalue weighted by Crippen LogP contribution is -2.38.